The molecule has 0 spiro atoms. The van der Waals surface area contributed by atoms with Crippen LogP contribution in [0.1, 0.15) is 24.0 Å². The van der Waals surface area contributed by atoms with Crippen molar-refractivity contribution in [2.75, 3.05) is 19.6 Å². The van der Waals surface area contributed by atoms with Crippen molar-refractivity contribution in [3.05, 3.63) is 59.7 Å². The lowest BCUT2D eigenvalue weighted by molar-refractivity contribution is -0.133. The molecule has 2 aliphatic heterocycles. The minimum Gasteiger partial charge on any atom is -0.457 e. The Labute approximate surface area is 136 Å². The molecule has 1 saturated heterocycles. The first-order valence-corrected chi connectivity index (χ1v) is 8.12. The topological polar surface area (TPSA) is 41.6 Å². The molecule has 2 aromatic rings. The van der Waals surface area contributed by atoms with Crippen LogP contribution in [0, 0.1) is 0 Å². The summed E-state index contributed by atoms with van der Waals surface area (Å²) in [6.45, 7) is 4.47. The lowest BCUT2D eigenvalue weighted by Gasteiger charge is -2.36. The third-order valence-electron chi connectivity index (χ3n) is 4.61. The van der Waals surface area contributed by atoms with E-state index in [4.69, 9.17) is 4.74 Å². The van der Waals surface area contributed by atoms with Crippen molar-refractivity contribution in [3.8, 4) is 11.5 Å². The van der Waals surface area contributed by atoms with Crippen molar-refractivity contribution in [3.63, 3.8) is 0 Å². The van der Waals surface area contributed by atoms with E-state index >= 15 is 0 Å². The molecule has 23 heavy (non-hydrogen) atoms. The van der Waals surface area contributed by atoms with Crippen molar-refractivity contribution < 1.29 is 9.53 Å². The van der Waals surface area contributed by atoms with Crippen molar-refractivity contribution >= 4 is 5.91 Å². The van der Waals surface area contributed by atoms with Crippen LogP contribution in [0.4, 0.5) is 0 Å². The number of nitrogens with one attached hydrogen (secondary N) is 1. The van der Waals surface area contributed by atoms with E-state index in [9.17, 15) is 4.79 Å². The summed E-state index contributed by atoms with van der Waals surface area (Å²) >= 11 is 0. The average Bonchev–Trinajstić information content (AvgIpc) is 2.59. The molecule has 0 bridgehead atoms. The highest BCUT2D eigenvalue weighted by Gasteiger charge is 2.35. The van der Waals surface area contributed by atoms with Gasteiger partial charge < -0.3 is 15.0 Å². The van der Waals surface area contributed by atoms with E-state index in [0.29, 0.717) is 6.04 Å². The van der Waals surface area contributed by atoms with Gasteiger partial charge in [0.25, 0.3) is 0 Å². The molecule has 2 heterocycles. The van der Waals surface area contributed by atoms with Crippen LogP contribution in [-0.4, -0.2) is 36.5 Å². The first kappa shape index (κ1) is 14.3. The van der Waals surface area contributed by atoms with Gasteiger partial charge in [-0.05, 0) is 19.1 Å². The summed E-state index contributed by atoms with van der Waals surface area (Å²) in [6.07, 6.45) is 0. The van der Waals surface area contributed by atoms with Crippen LogP contribution >= 0.6 is 0 Å². The number of hydrogen-bond donors (Lipinski definition) is 1. The minimum atomic E-state index is -0.276. The van der Waals surface area contributed by atoms with Gasteiger partial charge in [-0.2, -0.15) is 0 Å². The van der Waals surface area contributed by atoms with Crippen LogP contribution < -0.4 is 10.1 Å². The van der Waals surface area contributed by atoms with Gasteiger partial charge in [0.1, 0.15) is 11.5 Å². The predicted molar refractivity (Wildman–Crippen MR) is 88.8 cm³/mol. The molecule has 2 aromatic carbocycles. The Kier molecular flexibility index (Phi) is 3.54. The maximum absolute atomic E-state index is 13.3. The predicted octanol–water partition coefficient (Wildman–Crippen LogP) is 2.74. The van der Waals surface area contributed by atoms with E-state index in [1.807, 2.05) is 53.4 Å². The Hall–Kier alpha value is -2.33. The van der Waals surface area contributed by atoms with Gasteiger partial charge in [0.15, 0.2) is 0 Å². The van der Waals surface area contributed by atoms with Crippen LogP contribution in [-0.2, 0) is 4.79 Å². The van der Waals surface area contributed by atoms with Gasteiger partial charge in [0.2, 0.25) is 5.91 Å². The molecule has 1 atom stereocenters. The third kappa shape index (κ3) is 2.49. The Morgan fingerprint density at radius 3 is 2.30 bits per heavy atom. The van der Waals surface area contributed by atoms with E-state index in [0.717, 1.165) is 42.3 Å². The molecule has 4 nitrogen and oxygen atoms in total. The molecule has 0 unspecified atom stereocenters. The molecule has 0 aromatic heterocycles. The van der Waals surface area contributed by atoms with E-state index in [2.05, 4.69) is 12.2 Å². The number of ether oxygens (including phenoxy) is 1. The van der Waals surface area contributed by atoms with E-state index < -0.39 is 0 Å². The van der Waals surface area contributed by atoms with Gasteiger partial charge in [0, 0.05) is 36.8 Å². The fraction of sp³-hybridized carbons (Fsp3) is 0.316. The summed E-state index contributed by atoms with van der Waals surface area (Å²) in [7, 11) is 0. The maximum atomic E-state index is 13.3. The number of rotatable bonds is 1. The van der Waals surface area contributed by atoms with Gasteiger partial charge >= 0.3 is 0 Å². The monoisotopic (exact) mass is 308 g/mol. The summed E-state index contributed by atoms with van der Waals surface area (Å²) in [5, 5.41) is 3.39. The zero-order valence-electron chi connectivity index (χ0n) is 13.2. The SMILES string of the molecule is C[C@@H]1CN(C(=O)C2c3ccccc3Oc3ccccc32)CCN1. The highest BCUT2D eigenvalue weighted by molar-refractivity contribution is 5.89. The van der Waals surface area contributed by atoms with E-state index in [1.165, 1.54) is 0 Å². The largest absolute Gasteiger partial charge is 0.457 e. The van der Waals surface area contributed by atoms with Crippen molar-refractivity contribution in [2.45, 2.75) is 18.9 Å². The number of amides is 1. The second-order valence-corrected chi connectivity index (χ2v) is 6.25. The number of fused-ring (bicyclic) bond motifs is 2. The van der Waals surface area contributed by atoms with Crippen LogP contribution in [0.2, 0.25) is 0 Å². The molecule has 118 valence electrons. The molecule has 1 N–H and O–H groups in total. The van der Waals surface area contributed by atoms with Gasteiger partial charge in [-0.25, -0.2) is 0 Å². The van der Waals surface area contributed by atoms with E-state index in [1.54, 1.807) is 0 Å². The zero-order valence-corrected chi connectivity index (χ0v) is 13.2. The lowest BCUT2D eigenvalue weighted by Crippen LogP contribution is -2.52. The highest BCUT2D eigenvalue weighted by Crippen LogP contribution is 2.44. The summed E-state index contributed by atoms with van der Waals surface area (Å²) in [5.74, 6) is 1.46. The molecule has 0 aliphatic carbocycles. The normalized spacial score (nSPS) is 20.4. The summed E-state index contributed by atoms with van der Waals surface area (Å²) < 4.78 is 5.98. The molecule has 1 amide bonds. The number of hydrogen-bond acceptors (Lipinski definition) is 3. The first-order valence-electron chi connectivity index (χ1n) is 8.12. The zero-order chi connectivity index (χ0) is 15.8. The average molecular weight is 308 g/mol. The third-order valence-corrected chi connectivity index (χ3v) is 4.61. The summed E-state index contributed by atoms with van der Waals surface area (Å²) in [4.78, 5) is 15.2. The Bertz CT molecular complexity index is 698. The number of nitrogens with zero attached hydrogens (tertiary/aromatic N) is 1. The fourth-order valence-corrected chi connectivity index (χ4v) is 3.49. The molecule has 2 aliphatic rings. The van der Waals surface area contributed by atoms with Gasteiger partial charge in [0.05, 0.1) is 5.92 Å². The summed E-state index contributed by atoms with van der Waals surface area (Å²) in [6, 6.07) is 16.0. The molecular formula is C19H20N2O2. The van der Waals surface area contributed by atoms with Crippen molar-refractivity contribution in [2.24, 2.45) is 0 Å². The Balaban J connectivity index is 1.76. The van der Waals surface area contributed by atoms with Crippen LogP contribution in [0.3, 0.4) is 0 Å². The molecular weight excluding hydrogens is 288 g/mol. The molecule has 4 rings (SSSR count). The number of benzene rings is 2. The fourth-order valence-electron chi connectivity index (χ4n) is 3.49. The lowest BCUT2D eigenvalue weighted by atomic mass is 9.86. The maximum Gasteiger partial charge on any atom is 0.234 e. The van der Waals surface area contributed by atoms with E-state index in [-0.39, 0.29) is 11.8 Å². The number of piperazine rings is 1. The van der Waals surface area contributed by atoms with Crippen molar-refractivity contribution in [1.29, 1.82) is 0 Å². The van der Waals surface area contributed by atoms with Crippen LogP contribution in [0.5, 0.6) is 11.5 Å². The molecule has 4 heteroatoms. The molecule has 0 saturated carbocycles. The highest BCUT2D eigenvalue weighted by atomic mass is 16.5. The van der Waals surface area contributed by atoms with Gasteiger partial charge in [-0.15, -0.1) is 0 Å². The molecule has 1 fully saturated rings. The van der Waals surface area contributed by atoms with Gasteiger partial charge in [-0.1, -0.05) is 36.4 Å². The Morgan fingerprint density at radius 2 is 1.70 bits per heavy atom. The van der Waals surface area contributed by atoms with Crippen molar-refractivity contribution in [1.82, 2.24) is 10.2 Å². The number of carbonyl (C=O) groups is 1. The first-order chi connectivity index (χ1) is 11.2. The van der Waals surface area contributed by atoms with Crippen LogP contribution in [0.25, 0.3) is 0 Å². The standard InChI is InChI=1S/C19H20N2O2/c1-13-12-21(11-10-20-13)19(22)18-14-6-2-4-8-16(14)23-17-9-5-3-7-15(17)18/h2-9,13,18,20H,10-12H2,1H3/t13-/m1/s1. The summed E-state index contributed by atoms with van der Waals surface area (Å²) in [5.41, 5.74) is 1.92. The smallest absolute Gasteiger partial charge is 0.234 e. The van der Waals surface area contributed by atoms with Crippen LogP contribution in [0.15, 0.2) is 48.5 Å². The minimum absolute atomic E-state index is 0.168. The number of carbonyl (C=O) groups excluding carboxylic acids is 1. The number of para-hydroxylation sites is 2. The second kappa shape index (κ2) is 5.70. The van der Waals surface area contributed by atoms with Gasteiger partial charge in [-0.3, -0.25) is 4.79 Å². The molecule has 0 radical (unpaired) electrons. The second-order valence-electron chi connectivity index (χ2n) is 6.25. The Morgan fingerprint density at radius 1 is 1.09 bits per heavy atom. The quantitative estimate of drug-likeness (QED) is 0.881.